The fraction of sp³-hybridized carbons (Fsp3) is 1.00. The van der Waals surface area contributed by atoms with Gasteiger partial charge in [-0.05, 0) is 12.8 Å². The van der Waals surface area contributed by atoms with Crippen LogP contribution in [0, 0.1) is 0 Å². The Balaban J connectivity index is 3.76. The van der Waals surface area contributed by atoms with Crippen molar-refractivity contribution in [2.45, 2.75) is 115 Å². The minimum Gasteiger partial charge on any atom is -0.285 e. The fourth-order valence-electron chi connectivity index (χ4n) is 2.92. The summed E-state index contributed by atoms with van der Waals surface area (Å²) in [5, 5.41) is -0.533. The normalized spacial score (nSPS) is 13.4. The molecule has 0 bridgehead atoms. The van der Waals surface area contributed by atoms with Crippen molar-refractivity contribution in [2.24, 2.45) is 0 Å². The third-order valence-electron chi connectivity index (χ3n) is 4.43. The molecule has 0 heterocycles. The number of unbranched alkanes of at least 4 members (excludes halogenated alkanes) is 11. The second-order valence-electron chi connectivity index (χ2n) is 6.60. The van der Waals surface area contributed by atoms with Crippen molar-refractivity contribution in [3.8, 4) is 0 Å². The molecule has 1 unspecified atom stereocenters. The minimum atomic E-state index is -3.86. The molecule has 0 aromatic rings. The molecule has 0 rings (SSSR count). The molecule has 0 aromatic heterocycles. The molecule has 0 aliphatic carbocycles. The molecule has 0 amide bonds. The van der Waals surface area contributed by atoms with Crippen molar-refractivity contribution in [1.82, 2.24) is 0 Å². The molecule has 1 atom stereocenters. The Kier molecular flexibility index (Phi) is 14.4. The van der Waals surface area contributed by atoms with Gasteiger partial charge in [0.2, 0.25) is 0 Å². The second-order valence-corrected chi connectivity index (χ2v) is 8.30. The summed E-state index contributed by atoms with van der Waals surface area (Å²) in [5.41, 5.74) is 0. The quantitative estimate of drug-likeness (QED) is 0.273. The molecule has 22 heavy (non-hydrogen) atoms. The molecule has 0 saturated carbocycles. The number of hydrogen-bond donors (Lipinski definition) is 1. The van der Waals surface area contributed by atoms with E-state index in [1.807, 2.05) is 0 Å². The predicted octanol–water partition coefficient (Wildman–Crippen LogP) is 6.13. The highest BCUT2D eigenvalue weighted by Gasteiger charge is 2.21. The van der Waals surface area contributed by atoms with Crippen LogP contribution in [-0.2, 0) is 10.1 Å². The zero-order valence-electron chi connectivity index (χ0n) is 14.9. The third kappa shape index (κ3) is 13.6. The average molecular weight is 335 g/mol. The standard InChI is InChI=1S/C18H38O3S/c1-3-5-7-9-11-13-15-17-18(22(19,20)21)16-14-12-10-8-6-4-2/h18H,3-17H2,1-2H3,(H,19,20,21). The van der Waals surface area contributed by atoms with Gasteiger partial charge in [-0.15, -0.1) is 0 Å². The van der Waals surface area contributed by atoms with Gasteiger partial charge in [0.1, 0.15) is 0 Å². The maximum absolute atomic E-state index is 11.5. The summed E-state index contributed by atoms with van der Waals surface area (Å²) in [6, 6.07) is 0. The van der Waals surface area contributed by atoms with Crippen LogP contribution in [0.2, 0.25) is 0 Å². The van der Waals surface area contributed by atoms with E-state index >= 15 is 0 Å². The Morgan fingerprint density at radius 2 is 0.955 bits per heavy atom. The first-order chi connectivity index (χ1) is 10.5. The van der Waals surface area contributed by atoms with E-state index in [-0.39, 0.29) is 0 Å². The summed E-state index contributed by atoms with van der Waals surface area (Å²) >= 11 is 0. The van der Waals surface area contributed by atoms with Crippen LogP contribution in [0.15, 0.2) is 0 Å². The van der Waals surface area contributed by atoms with E-state index in [2.05, 4.69) is 13.8 Å². The van der Waals surface area contributed by atoms with Crippen molar-refractivity contribution in [2.75, 3.05) is 0 Å². The SMILES string of the molecule is CCCCCCCCCC(CCCCCCCC)S(=O)(=O)O. The van der Waals surface area contributed by atoms with Crippen molar-refractivity contribution in [3.05, 3.63) is 0 Å². The van der Waals surface area contributed by atoms with E-state index in [0.717, 1.165) is 25.7 Å². The van der Waals surface area contributed by atoms with E-state index in [4.69, 9.17) is 0 Å². The van der Waals surface area contributed by atoms with Crippen LogP contribution in [0.3, 0.4) is 0 Å². The first kappa shape index (κ1) is 21.9. The van der Waals surface area contributed by atoms with Crippen LogP contribution >= 0.6 is 0 Å². The molecule has 0 radical (unpaired) electrons. The lowest BCUT2D eigenvalue weighted by Crippen LogP contribution is -2.20. The molecule has 4 heteroatoms. The highest BCUT2D eigenvalue weighted by atomic mass is 32.2. The summed E-state index contributed by atoms with van der Waals surface area (Å²) in [5.74, 6) is 0. The number of hydrogen-bond acceptors (Lipinski definition) is 2. The highest BCUT2D eigenvalue weighted by Crippen LogP contribution is 2.19. The van der Waals surface area contributed by atoms with Crippen molar-refractivity contribution in [3.63, 3.8) is 0 Å². The summed E-state index contributed by atoms with van der Waals surface area (Å²) in [7, 11) is -3.86. The zero-order valence-corrected chi connectivity index (χ0v) is 15.7. The summed E-state index contributed by atoms with van der Waals surface area (Å²) in [6.45, 7) is 4.40. The van der Waals surface area contributed by atoms with Crippen molar-refractivity contribution in [1.29, 1.82) is 0 Å². The Hall–Kier alpha value is -0.0900. The maximum Gasteiger partial charge on any atom is 0.267 e. The molecule has 0 aliphatic rings. The monoisotopic (exact) mass is 334 g/mol. The highest BCUT2D eigenvalue weighted by molar-refractivity contribution is 7.86. The molecular formula is C18H38O3S. The van der Waals surface area contributed by atoms with Gasteiger partial charge in [-0.25, -0.2) is 0 Å². The van der Waals surface area contributed by atoms with Gasteiger partial charge >= 0.3 is 0 Å². The van der Waals surface area contributed by atoms with Crippen LogP contribution in [0.1, 0.15) is 110 Å². The largest absolute Gasteiger partial charge is 0.285 e. The van der Waals surface area contributed by atoms with Gasteiger partial charge < -0.3 is 0 Å². The first-order valence-electron chi connectivity index (χ1n) is 9.48. The van der Waals surface area contributed by atoms with Gasteiger partial charge in [-0.1, -0.05) is 97.3 Å². The smallest absolute Gasteiger partial charge is 0.267 e. The topological polar surface area (TPSA) is 54.4 Å². The molecule has 0 spiro atoms. The van der Waals surface area contributed by atoms with E-state index in [0.29, 0.717) is 12.8 Å². The molecular weight excluding hydrogens is 296 g/mol. The van der Waals surface area contributed by atoms with Crippen molar-refractivity contribution >= 4 is 10.1 Å². The zero-order chi connectivity index (χ0) is 16.7. The van der Waals surface area contributed by atoms with Gasteiger partial charge in [0.25, 0.3) is 10.1 Å². The minimum absolute atomic E-state index is 0.533. The van der Waals surface area contributed by atoms with Crippen LogP contribution in [0.25, 0.3) is 0 Å². The summed E-state index contributed by atoms with van der Waals surface area (Å²) < 4.78 is 32.3. The van der Waals surface area contributed by atoms with Gasteiger partial charge in [-0.2, -0.15) is 8.42 Å². The van der Waals surface area contributed by atoms with E-state index in [1.165, 1.54) is 57.8 Å². The Morgan fingerprint density at radius 1 is 0.636 bits per heavy atom. The Bertz CT molecular complexity index is 325. The molecule has 3 nitrogen and oxygen atoms in total. The summed E-state index contributed by atoms with van der Waals surface area (Å²) in [4.78, 5) is 0. The van der Waals surface area contributed by atoms with E-state index in [1.54, 1.807) is 0 Å². The maximum atomic E-state index is 11.5. The molecule has 0 aromatic carbocycles. The lowest BCUT2D eigenvalue weighted by molar-refractivity contribution is 0.442. The summed E-state index contributed by atoms with van der Waals surface area (Å²) in [6.07, 6.45) is 16.5. The number of rotatable bonds is 16. The average Bonchev–Trinajstić information content (AvgIpc) is 2.46. The molecule has 1 N–H and O–H groups in total. The van der Waals surface area contributed by atoms with Gasteiger partial charge in [-0.3, -0.25) is 4.55 Å². The lowest BCUT2D eigenvalue weighted by Gasteiger charge is -2.13. The van der Waals surface area contributed by atoms with E-state index in [9.17, 15) is 13.0 Å². The molecule has 0 aliphatic heterocycles. The van der Waals surface area contributed by atoms with Crippen molar-refractivity contribution < 1.29 is 13.0 Å². The third-order valence-corrected chi connectivity index (χ3v) is 5.74. The molecule has 0 fully saturated rings. The van der Waals surface area contributed by atoms with Gasteiger partial charge in [0, 0.05) is 0 Å². The van der Waals surface area contributed by atoms with Gasteiger partial charge in [0.05, 0.1) is 5.25 Å². The fourth-order valence-corrected chi connectivity index (χ4v) is 3.85. The van der Waals surface area contributed by atoms with E-state index < -0.39 is 15.4 Å². The van der Waals surface area contributed by atoms with Crippen LogP contribution in [0.4, 0.5) is 0 Å². The predicted molar refractivity (Wildman–Crippen MR) is 95.9 cm³/mol. The molecule has 0 saturated heterocycles. The molecule has 134 valence electrons. The Morgan fingerprint density at radius 3 is 1.27 bits per heavy atom. The Labute approximate surface area is 139 Å². The van der Waals surface area contributed by atoms with Crippen LogP contribution in [0.5, 0.6) is 0 Å². The van der Waals surface area contributed by atoms with Gasteiger partial charge in [0.15, 0.2) is 0 Å². The second kappa shape index (κ2) is 14.5. The lowest BCUT2D eigenvalue weighted by atomic mass is 10.0. The van der Waals surface area contributed by atoms with Crippen LogP contribution in [-0.4, -0.2) is 18.2 Å². The van der Waals surface area contributed by atoms with Crippen LogP contribution < -0.4 is 0 Å². The first-order valence-corrected chi connectivity index (χ1v) is 11.0.